The fourth-order valence-electron chi connectivity index (χ4n) is 5.15. The van der Waals surface area contributed by atoms with Crippen molar-refractivity contribution in [1.29, 1.82) is 0 Å². The van der Waals surface area contributed by atoms with Crippen molar-refractivity contribution in [2.45, 2.75) is 21.9 Å². The topological polar surface area (TPSA) is 103 Å². The van der Waals surface area contributed by atoms with E-state index in [9.17, 15) is 14.9 Å². The fraction of sp³-hybridized carbons (Fsp3) is 0.0938. The molecule has 0 spiro atoms. The maximum Gasteiger partial charge on any atom is 0.337 e. The highest BCUT2D eigenvalue weighted by Gasteiger charge is 2.42. The number of carbonyl (C=O) groups is 1. The number of nitro groups is 1. The predicted octanol–water partition coefficient (Wildman–Crippen LogP) is 6.90. The molecule has 3 heterocycles. The molecule has 0 saturated carbocycles. The van der Waals surface area contributed by atoms with Gasteiger partial charge in [0.25, 0.3) is 5.69 Å². The minimum absolute atomic E-state index is 0.0602. The summed E-state index contributed by atoms with van der Waals surface area (Å²) in [4.78, 5) is 31.5. The summed E-state index contributed by atoms with van der Waals surface area (Å²) in [7, 11) is 1.37. The minimum atomic E-state index is -0.406. The minimum Gasteiger partial charge on any atom is -0.465 e. The van der Waals surface area contributed by atoms with Gasteiger partial charge in [0.15, 0.2) is 5.11 Å². The van der Waals surface area contributed by atoms with E-state index in [1.54, 1.807) is 30.5 Å². The van der Waals surface area contributed by atoms with Crippen molar-refractivity contribution >= 4 is 46.4 Å². The molecule has 1 aliphatic heterocycles. The van der Waals surface area contributed by atoms with Crippen LogP contribution in [0.5, 0.6) is 0 Å². The number of hydrogen-bond donors (Lipinski definition) is 1. The summed E-state index contributed by atoms with van der Waals surface area (Å²) < 4.78 is 6.99. The average Bonchev–Trinajstić information content (AvgIpc) is 3.66. The van der Waals surface area contributed by atoms with Crippen LogP contribution in [0.4, 0.5) is 11.4 Å². The molecule has 1 N–H and O–H groups in total. The van der Waals surface area contributed by atoms with Crippen molar-refractivity contribution in [1.82, 2.24) is 14.9 Å². The summed E-state index contributed by atoms with van der Waals surface area (Å²) in [6.45, 7) is 0. The molecule has 6 rings (SSSR count). The summed E-state index contributed by atoms with van der Waals surface area (Å²) in [5.74, 6) is -0.404. The van der Waals surface area contributed by atoms with Crippen molar-refractivity contribution in [2.24, 2.45) is 0 Å². The number of rotatable bonds is 8. The Morgan fingerprint density at radius 2 is 1.70 bits per heavy atom. The van der Waals surface area contributed by atoms with Crippen LogP contribution in [-0.2, 0) is 4.74 Å². The molecule has 0 unspecified atom stereocenters. The molecule has 0 aliphatic carbocycles. The van der Waals surface area contributed by atoms with Crippen LogP contribution in [-0.4, -0.2) is 32.7 Å². The first kappa shape index (κ1) is 28.1. The molecular formula is C32H25N5O4S2. The zero-order valence-electron chi connectivity index (χ0n) is 22.9. The lowest BCUT2D eigenvalue weighted by Crippen LogP contribution is -2.30. The second kappa shape index (κ2) is 12.1. The van der Waals surface area contributed by atoms with E-state index in [1.165, 1.54) is 31.0 Å². The summed E-state index contributed by atoms with van der Waals surface area (Å²) in [5.41, 5.74) is 4.03. The number of methoxy groups -OCH3 is 1. The largest absolute Gasteiger partial charge is 0.465 e. The Kier molecular flexibility index (Phi) is 7.91. The van der Waals surface area contributed by atoms with Gasteiger partial charge in [0.05, 0.1) is 29.3 Å². The first-order chi connectivity index (χ1) is 20.9. The summed E-state index contributed by atoms with van der Waals surface area (Å²) in [6.07, 6.45) is 3.73. The molecule has 214 valence electrons. The Morgan fingerprint density at radius 1 is 0.953 bits per heavy atom. The molecule has 0 bridgehead atoms. The number of pyridine rings is 1. The van der Waals surface area contributed by atoms with Crippen molar-refractivity contribution in [2.75, 3.05) is 12.0 Å². The van der Waals surface area contributed by atoms with Gasteiger partial charge in [0.2, 0.25) is 0 Å². The van der Waals surface area contributed by atoms with Crippen LogP contribution in [0, 0.1) is 10.1 Å². The molecule has 1 fully saturated rings. The van der Waals surface area contributed by atoms with Crippen LogP contribution in [0.2, 0.25) is 0 Å². The highest BCUT2D eigenvalue weighted by atomic mass is 32.2. The van der Waals surface area contributed by atoms with Gasteiger partial charge in [-0.25, -0.2) is 4.79 Å². The van der Waals surface area contributed by atoms with Crippen LogP contribution >= 0.6 is 24.0 Å². The van der Waals surface area contributed by atoms with E-state index in [-0.39, 0.29) is 17.8 Å². The maximum atomic E-state index is 12.3. The molecule has 2 atom stereocenters. The molecule has 1 saturated heterocycles. The van der Waals surface area contributed by atoms with Gasteiger partial charge >= 0.3 is 5.97 Å². The molecule has 9 nitrogen and oxygen atoms in total. The van der Waals surface area contributed by atoms with Crippen molar-refractivity contribution in [3.63, 3.8) is 0 Å². The predicted molar refractivity (Wildman–Crippen MR) is 169 cm³/mol. The van der Waals surface area contributed by atoms with Gasteiger partial charge in [-0.2, -0.15) is 0 Å². The number of carbonyl (C=O) groups excluding carboxylic acids is 1. The molecular weight excluding hydrogens is 583 g/mol. The Hall–Kier alpha value is -5.00. The van der Waals surface area contributed by atoms with Gasteiger partial charge in [-0.15, -0.1) is 0 Å². The number of thiocarbonyl (C=S) groups is 1. The molecule has 0 radical (unpaired) electrons. The van der Waals surface area contributed by atoms with Crippen LogP contribution in [0.25, 0.3) is 5.69 Å². The number of hydrogen-bond acceptors (Lipinski definition) is 7. The highest BCUT2D eigenvalue weighted by molar-refractivity contribution is 7.99. The molecule has 2 aromatic heterocycles. The maximum absolute atomic E-state index is 12.3. The number of benzene rings is 3. The number of nitrogens with one attached hydrogen (secondary N) is 1. The van der Waals surface area contributed by atoms with Gasteiger partial charge < -0.3 is 19.5 Å². The van der Waals surface area contributed by atoms with E-state index >= 15 is 0 Å². The Balaban J connectivity index is 1.36. The molecule has 3 aromatic carbocycles. The van der Waals surface area contributed by atoms with Crippen molar-refractivity contribution < 1.29 is 14.5 Å². The number of non-ortho nitro benzene ring substituents is 1. The van der Waals surface area contributed by atoms with Crippen molar-refractivity contribution in [3.8, 4) is 5.69 Å². The number of nitro benzene ring substituents is 1. The molecule has 11 heteroatoms. The van der Waals surface area contributed by atoms with E-state index in [1.807, 2.05) is 72.9 Å². The summed E-state index contributed by atoms with van der Waals surface area (Å²) in [5, 5.41) is 15.0. The zero-order chi connectivity index (χ0) is 29.9. The Bertz CT molecular complexity index is 1790. The second-order valence-corrected chi connectivity index (χ2v) is 11.2. The third-order valence-corrected chi connectivity index (χ3v) is 8.46. The van der Waals surface area contributed by atoms with Crippen LogP contribution in [0.1, 0.15) is 33.8 Å². The SMILES string of the molecule is COC(=O)c1cccc(-n2cccc2[C@@H]2[C@H](c3ccccn3)NC(=S)N2c2ccc(Sc3ccc([N+](=O)[O-])cc3)cc2)c1. The lowest BCUT2D eigenvalue weighted by molar-refractivity contribution is -0.384. The summed E-state index contributed by atoms with van der Waals surface area (Å²) in [6, 6.07) is 31.2. The second-order valence-electron chi connectivity index (χ2n) is 9.69. The van der Waals surface area contributed by atoms with Gasteiger partial charge in [0, 0.05) is 51.4 Å². The van der Waals surface area contributed by atoms with Crippen LogP contribution < -0.4 is 10.2 Å². The zero-order valence-corrected chi connectivity index (χ0v) is 24.5. The number of ether oxygens (including phenoxy) is 1. The molecule has 0 amide bonds. The Morgan fingerprint density at radius 3 is 2.37 bits per heavy atom. The first-order valence-corrected chi connectivity index (χ1v) is 14.5. The smallest absolute Gasteiger partial charge is 0.337 e. The lowest BCUT2D eigenvalue weighted by atomic mass is 10.0. The van der Waals surface area contributed by atoms with Gasteiger partial charge in [-0.05, 0) is 91.1 Å². The number of anilines is 1. The number of esters is 1. The Labute approximate surface area is 257 Å². The van der Waals surface area contributed by atoms with E-state index < -0.39 is 10.9 Å². The quantitative estimate of drug-likeness (QED) is 0.0874. The number of nitrogens with zero attached hydrogens (tertiary/aromatic N) is 4. The molecule has 1 aliphatic rings. The number of aromatic nitrogens is 2. The third kappa shape index (κ3) is 5.72. The van der Waals surface area contributed by atoms with Crippen molar-refractivity contribution in [3.05, 3.63) is 143 Å². The third-order valence-electron chi connectivity index (χ3n) is 7.12. The first-order valence-electron chi connectivity index (χ1n) is 13.3. The van der Waals surface area contributed by atoms with E-state index in [4.69, 9.17) is 17.0 Å². The molecule has 43 heavy (non-hydrogen) atoms. The van der Waals surface area contributed by atoms with E-state index in [0.29, 0.717) is 10.7 Å². The molecule has 5 aromatic rings. The monoisotopic (exact) mass is 607 g/mol. The highest BCUT2D eigenvalue weighted by Crippen LogP contribution is 2.43. The average molecular weight is 608 g/mol. The van der Waals surface area contributed by atoms with Gasteiger partial charge in [0.1, 0.15) is 6.04 Å². The van der Waals surface area contributed by atoms with Crippen LogP contribution in [0.15, 0.2) is 125 Å². The summed E-state index contributed by atoms with van der Waals surface area (Å²) >= 11 is 7.43. The van der Waals surface area contributed by atoms with Gasteiger partial charge in [-0.1, -0.05) is 23.9 Å². The van der Waals surface area contributed by atoms with Gasteiger partial charge in [-0.3, -0.25) is 15.1 Å². The lowest BCUT2D eigenvalue weighted by Gasteiger charge is -2.29. The van der Waals surface area contributed by atoms with Crippen LogP contribution in [0.3, 0.4) is 0 Å². The standard InChI is InChI=1S/C32H25N5O4S2/c1-41-31(38)21-6-4-7-24(20-21)35-19-5-9-28(35)30-29(27-8-2-3-18-33-27)34-32(42)36(30)22-10-14-25(15-11-22)43-26-16-12-23(13-17-26)37(39)40/h2-20,29-30H,1H3,(H,34,42)/t29-,30+/m0/s1. The van der Waals surface area contributed by atoms with E-state index in [0.717, 1.165) is 32.6 Å². The normalized spacial score (nSPS) is 16.1. The van der Waals surface area contributed by atoms with E-state index in [2.05, 4.69) is 19.8 Å². The fourth-order valence-corrected chi connectivity index (χ4v) is 6.31.